The summed E-state index contributed by atoms with van der Waals surface area (Å²) in [6.07, 6.45) is -4.93. The SMILES string of the molecule is CS(=O)(=O)c1cccc(-c2ccc(CNS(=O)(=O)c3cccc(CC4OCCO4)c3C(F)(F)F)s2)c1. The lowest BCUT2D eigenvalue weighted by molar-refractivity contribution is -0.141. The van der Waals surface area contributed by atoms with Crippen LogP contribution in [0.4, 0.5) is 13.2 Å². The van der Waals surface area contributed by atoms with Gasteiger partial charge in [0.1, 0.15) is 0 Å². The van der Waals surface area contributed by atoms with Gasteiger partial charge in [0, 0.05) is 29.0 Å². The van der Waals surface area contributed by atoms with E-state index < -0.39 is 42.8 Å². The van der Waals surface area contributed by atoms with Crippen LogP contribution in [0.2, 0.25) is 0 Å². The molecule has 0 saturated carbocycles. The Morgan fingerprint density at radius 3 is 2.36 bits per heavy atom. The van der Waals surface area contributed by atoms with Crippen LogP contribution in [0.25, 0.3) is 10.4 Å². The number of ether oxygens (including phenoxy) is 2. The van der Waals surface area contributed by atoms with Crippen molar-refractivity contribution < 1.29 is 39.5 Å². The molecule has 1 aromatic heterocycles. The molecule has 0 amide bonds. The predicted molar refractivity (Wildman–Crippen MR) is 128 cm³/mol. The summed E-state index contributed by atoms with van der Waals surface area (Å²) in [5.74, 6) is 0. The highest BCUT2D eigenvalue weighted by Gasteiger charge is 2.40. The van der Waals surface area contributed by atoms with Crippen molar-refractivity contribution in [2.45, 2.75) is 35.2 Å². The molecule has 1 aliphatic rings. The molecule has 0 unspecified atom stereocenters. The van der Waals surface area contributed by atoms with Crippen molar-refractivity contribution in [2.75, 3.05) is 19.5 Å². The molecule has 13 heteroatoms. The van der Waals surface area contributed by atoms with Gasteiger partial charge in [-0.1, -0.05) is 24.3 Å². The van der Waals surface area contributed by atoms with Gasteiger partial charge < -0.3 is 9.47 Å². The molecule has 3 aromatic rings. The van der Waals surface area contributed by atoms with Gasteiger partial charge in [-0.25, -0.2) is 21.6 Å². The average molecular weight is 562 g/mol. The van der Waals surface area contributed by atoms with Crippen molar-refractivity contribution in [3.63, 3.8) is 0 Å². The summed E-state index contributed by atoms with van der Waals surface area (Å²) in [4.78, 5) is 0.492. The third-order valence-electron chi connectivity index (χ3n) is 5.41. The molecule has 0 atom stereocenters. The number of benzene rings is 2. The van der Waals surface area contributed by atoms with Crippen molar-refractivity contribution in [1.29, 1.82) is 0 Å². The van der Waals surface area contributed by atoms with E-state index in [0.717, 1.165) is 12.3 Å². The Morgan fingerprint density at radius 1 is 1.00 bits per heavy atom. The second-order valence-corrected chi connectivity index (χ2v) is 13.0. The Kier molecular flexibility index (Phi) is 7.60. The number of sulfone groups is 1. The lowest BCUT2D eigenvalue weighted by Gasteiger charge is -2.19. The third-order valence-corrected chi connectivity index (χ3v) is 9.10. The molecule has 1 fully saturated rings. The summed E-state index contributed by atoms with van der Waals surface area (Å²) < 4.78 is 104. The van der Waals surface area contributed by atoms with Gasteiger partial charge in [-0.2, -0.15) is 13.2 Å². The largest absolute Gasteiger partial charge is 0.417 e. The third kappa shape index (κ3) is 6.15. The first-order valence-corrected chi connectivity index (χ1v) is 14.8. The van der Waals surface area contributed by atoms with Gasteiger partial charge in [-0.3, -0.25) is 0 Å². The normalized spacial score (nSPS) is 15.4. The number of hydrogen-bond donors (Lipinski definition) is 1. The molecule has 0 aliphatic carbocycles. The predicted octanol–water partition coefficient (Wildman–Crippen LogP) is 4.23. The molecule has 194 valence electrons. The lowest BCUT2D eigenvalue weighted by Crippen LogP contribution is -2.27. The van der Waals surface area contributed by atoms with Crippen molar-refractivity contribution in [2.24, 2.45) is 0 Å². The summed E-state index contributed by atoms with van der Waals surface area (Å²) in [5, 5.41) is 0. The first-order valence-electron chi connectivity index (χ1n) is 10.7. The first kappa shape index (κ1) is 26.8. The number of halogens is 3. The second-order valence-electron chi connectivity index (χ2n) is 8.05. The Bertz CT molecular complexity index is 1460. The molecule has 0 bridgehead atoms. The fourth-order valence-corrected chi connectivity index (χ4v) is 6.73. The molecule has 2 heterocycles. The van der Waals surface area contributed by atoms with Gasteiger partial charge in [0.15, 0.2) is 16.1 Å². The minimum absolute atomic E-state index is 0.142. The van der Waals surface area contributed by atoms with Crippen LogP contribution in [0.5, 0.6) is 0 Å². The van der Waals surface area contributed by atoms with Crippen LogP contribution < -0.4 is 4.72 Å². The Hall–Kier alpha value is -2.29. The molecule has 36 heavy (non-hydrogen) atoms. The number of alkyl halides is 3. The molecule has 7 nitrogen and oxygen atoms in total. The summed E-state index contributed by atoms with van der Waals surface area (Å²) in [6.45, 7) is 0.273. The standard InChI is InChI=1S/C23H22F3NO6S3/c1-35(28,29)18-6-2-4-15(12-18)19-9-8-17(34-19)14-27-36(30,31)20-7-3-5-16(22(20)23(24,25)26)13-21-32-10-11-33-21/h2-9,12,21,27H,10-11,13-14H2,1H3. The van der Waals surface area contributed by atoms with E-state index in [2.05, 4.69) is 4.72 Å². The van der Waals surface area contributed by atoms with E-state index in [-0.39, 0.29) is 36.6 Å². The lowest BCUT2D eigenvalue weighted by atomic mass is 10.0. The number of nitrogens with one attached hydrogen (secondary N) is 1. The molecule has 1 saturated heterocycles. The summed E-state index contributed by atoms with van der Waals surface area (Å²) in [5.41, 5.74) is -0.858. The van der Waals surface area contributed by atoms with Crippen LogP contribution in [0, 0.1) is 0 Å². The van der Waals surface area contributed by atoms with E-state index in [1.54, 1.807) is 24.3 Å². The smallest absolute Gasteiger partial charge is 0.350 e. The van der Waals surface area contributed by atoms with Crippen LogP contribution in [0.1, 0.15) is 16.0 Å². The fourth-order valence-electron chi connectivity index (χ4n) is 3.75. The Morgan fingerprint density at radius 2 is 1.69 bits per heavy atom. The second kappa shape index (κ2) is 10.2. The van der Waals surface area contributed by atoms with Crippen LogP contribution in [0.3, 0.4) is 0 Å². The molecule has 1 N–H and O–H groups in total. The molecule has 0 radical (unpaired) electrons. The Balaban J connectivity index is 1.57. The van der Waals surface area contributed by atoms with E-state index in [9.17, 15) is 30.0 Å². The highest BCUT2D eigenvalue weighted by Crippen LogP contribution is 2.38. The minimum atomic E-state index is -4.92. The van der Waals surface area contributed by atoms with E-state index in [1.807, 2.05) is 0 Å². The molecule has 0 spiro atoms. The molecular weight excluding hydrogens is 539 g/mol. The quantitative estimate of drug-likeness (QED) is 0.442. The van der Waals surface area contributed by atoms with Gasteiger partial charge in [0.25, 0.3) is 0 Å². The molecule has 1 aliphatic heterocycles. The topological polar surface area (TPSA) is 98.8 Å². The van der Waals surface area contributed by atoms with Gasteiger partial charge in [-0.15, -0.1) is 11.3 Å². The zero-order valence-electron chi connectivity index (χ0n) is 18.9. The van der Waals surface area contributed by atoms with E-state index in [1.165, 1.54) is 35.6 Å². The van der Waals surface area contributed by atoms with Gasteiger partial charge in [0.05, 0.1) is 28.6 Å². The van der Waals surface area contributed by atoms with Crippen molar-refractivity contribution in [3.05, 3.63) is 70.6 Å². The molecular formula is C23H22F3NO6S3. The van der Waals surface area contributed by atoms with E-state index in [0.29, 0.717) is 15.3 Å². The minimum Gasteiger partial charge on any atom is -0.350 e. The van der Waals surface area contributed by atoms with Gasteiger partial charge >= 0.3 is 6.18 Å². The van der Waals surface area contributed by atoms with Gasteiger partial charge in [0.2, 0.25) is 10.0 Å². The average Bonchev–Trinajstić information content (AvgIpc) is 3.49. The summed E-state index contributed by atoms with van der Waals surface area (Å²) in [7, 11) is -7.94. The van der Waals surface area contributed by atoms with Crippen LogP contribution in [-0.2, 0) is 48.5 Å². The number of sulfonamides is 1. The van der Waals surface area contributed by atoms with Crippen LogP contribution in [-0.4, -0.2) is 42.6 Å². The maximum atomic E-state index is 14.0. The van der Waals surface area contributed by atoms with Crippen molar-refractivity contribution >= 4 is 31.2 Å². The zero-order chi connectivity index (χ0) is 26.1. The monoisotopic (exact) mass is 561 g/mol. The highest BCUT2D eigenvalue weighted by molar-refractivity contribution is 7.90. The summed E-state index contributed by atoms with van der Waals surface area (Å²) >= 11 is 1.20. The van der Waals surface area contributed by atoms with Crippen LogP contribution >= 0.6 is 11.3 Å². The van der Waals surface area contributed by atoms with Crippen molar-refractivity contribution in [1.82, 2.24) is 4.72 Å². The van der Waals surface area contributed by atoms with E-state index in [4.69, 9.17) is 9.47 Å². The summed E-state index contributed by atoms with van der Waals surface area (Å²) in [6, 6.07) is 13.0. The first-order chi connectivity index (χ1) is 16.8. The van der Waals surface area contributed by atoms with Crippen LogP contribution in [0.15, 0.2) is 64.4 Å². The number of rotatable bonds is 8. The van der Waals surface area contributed by atoms with Crippen molar-refractivity contribution in [3.8, 4) is 10.4 Å². The maximum absolute atomic E-state index is 14.0. The Labute approximate surface area is 210 Å². The van der Waals surface area contributed by atoms with E-state index >= 15 is 0 Å². The molecule has 2 aromatic carbocycles. The maximum Gasteiger partial charge on any atom is 0.417 e. The number of hydrogen-bond acceptors (Lipinski definition) is 7. The molecule has 4 rings (SSSR count). The zero-order valence-corrected chi connectivity index (χ0v) is 21.4. The highest BCUT2D eigenvalue weighted by atomic mass is 32.2. The number of thiophene rings is 1. The van der Waals surface area contributed by atoms with Gasteiger partial charge in [-0.05, 0) is 41.5 Å². The fraction of sp³-hybridized carbons (Fsp3) is 0.304.